The number of amides is 2. The Bertz CT molecular complexity index is 625. The lowest BCUT2D eigenvalue weighted by Crippen LogP contribution is -2.56. The highest BCUT2D eigenvalue weighted by Gasteiger charge is 2.55. The number of likely N-dealkylation sites (tertiary alicyclic amines) is 1. The average Bonchev–Trinajstić information content (AvgIpc) is 2.83. The SMILES string of the molecule is C[C@@H]1Cc2ccccc2[C@H]1NC(=O)N1CCC(O)(C(F)(F)F)CC1. The van der Waals surface area contributed by atoms with Gasteiger partial charge in [0.05, 0.1) is 6.04 Å². The summed E-state index contributed by atoms with van der Waals surface area (Å²) in [5.74, 6) is 0.239. The van der Waals surface area contributed by atoms with Crippen LogP contribution in [0.2, 0.25) is 0 Å². The number of nitrogens with one attached hydrogen (secondary N) is 1. The van der Waals surface area contributed by atoms with Crippen LogP contribution in [0.1, 0.15) is 36.9 Å². The zero-order chi connectivity index (χ0) is 17.5. The van der Waals surface area contributed by atoms with Gasteiger partial charge in [0.2, 0.25) is 0 Å². The van der Waals surface area contributed by atoms with Gasteiger partial charge in [-0.05, 0) is 23.5 Å². The molecule has 1 heterocycles. The van der Waals surface area contributed by atoms with E-state index in [4.69, 9.17) is 0 Å². The Hall–Kier alpha value is -1.76. The summed E-state index contributed by atoms with van der Waals surface area (Å²) >= 11 is 0. The maximum Gasteiger partial charge on any atom is 0.417 e. The molecule has 0 spiro atoms. The number of nitrogens with zero attached hydrogens (tertiary/aromatic N) is 1. The fourth-order valence-electron chi connectivity index (χ4n) is 3.60. The van der Waals surface area contributed by atoms with E-state index in [1.807, 2.05) is 31.2 Å². The second-order valence-corrected chi connectivity index (χ2v) is 6.82. The Morgan fingerprint density at radius 3 is 2.54 bits per heavy atom. The van der Waals surface area contributed by atoms with Crippen LogP contribution in [0.25, 0.3) is 0 Å². The van der Waals surface area contributed by atoms with E-state index in [0.717, 1.165) is 12.0 Å². The van der Waals surface area contributed by atoms with Gasteiger partial charge in [0, 0.05) is 25.9 Å². The van der Waals surface area contributed by atoms with Gasteiger partial charge in [-0.25, -0.2) is 4.79 Å². The first-order valence-corrected chi connectivity index (χ1v) is 8.14. The van der Waals surface area contributed by atoms with Gasteiger partial charge < -0.3 is 15.3 Å². The number of halogens is 3. The molecule has 2 amide bonds. The molecule has 2 N–H and O–H groups in total. The maximum atomic E-state index is 12.8. The van der Waals surface area contributed by atoms with Crippen LogP contribution >= 0.6 is 0 Å². The van der Waals surface area contributed by atoms with E-state index >= 15 is 0 Å². The molecule has 1 aliphatic carbocycles. The van der Waals surface area contributed by atoms with Crippen molar-refractivity contribution in [2.75, 3.05) is 13.1 Å². The van der Waals surface area contributed by atoms with E-state index in [0.29, 0.717) is 0 Å². The fourth-order valence-corrected chi connectivity index (χ4v) is 3.60. The molecule has 7 heteroatoms. The topological polar surface area (TPSA) is 52.6 Å². The summed E-state index contributed by atoms with van der Waals surface area (Å²) in [6.07, 6.45) is -4.76. The third-order valence-electron chi connectivity index (χ3n) is 5.19. The molecular formula is C17H21F3N2O2. The number of fused-ring (bicyclic) bond motifs is 1. The Kier molecular flexibility index (Phi) is 4.23. The zero-order valence-corrected chi connectivity index (χ0v) is 13.4. The summed E-state index contributed by atoms with van der Waals surface area (Å²) in [6.45, 7) is 1.83. The van der Waals surface area contributed by atoms with Crippen LogP contribution in [-0.4, -0.2) is 40.9 Å². The van der Waals surface area contributed by atoms with Crippen molar-refractivity contribution in [3.05, 3.63) is 35.4 Å². The lowest BCUT2D eigenvalue weighted by molar-refractivity contribution is -0.271. The second-order valence-electron chi connectivity index (χ2n) is 6.82. The van der Waals surface area contributed by atoms with Gasteiger partial charge in [0.25, 0.3) is 0 Å². The van der Waals surface area contributed by atoms with Crippen LogP contribution in [0.5, 0.6) is 0 Å². The predicted molar refractivity (Wildman–Crippen MR) is 82.4 cm³/mol. The van der Waals surface area contributed by atoms with Crippen molar-refractivity contribution >= 4 is 6.03 Å². The Morgan fingerprint density at radius 2 is 1.92 bits per heavy atom. The number of benzene rings is 1. The molecule has 0 bridgehead atoms. The third-order valence-corrected chi connectivity index (χ3v) is 5.19. The van der Waals surface area contributed by atoms with Crippen LogP contribution in [0.3, 0.4) is 0 Å². The lowest BCUT2D eigenvalue weighted by Gasteiger charge is -2.39. The van der Waals surface area contributed by atoms with Crippen molar-refractivity contribution in [1.29, 1.82) is 0 Å². The summed E-state index contributed by atoms with van der Waals surface area (Å²) in [6, 6.07) is 7.38. The van der Waals surface area contributed by atoms with Crippen molar-refractivity contribution in [3.8, 4) is 0 Å². The van der Waals surface area contributed by atoms with Crippen LogP contribution in [-0.2, 0) is 6.42 Å². The van der Waals surface area contributed by atoms with E-state index in [9.17, 15) is 23.1 Å². The molecular weight excluding hydrogens is 321 g/mol. The fraction of sp³-hybridized carbons (Fsp3) is 0.588. The van der Waals surface area contributed by atoms with Crippen molar-refractivity contribution < 1.29 is 23.1 Å². The first kappa shape index (κ1) is 17.1. The molecule has 1 fully saturated rings. The first-order chi connectivity index (χ1) is 11.2. The van der Waals surface area contributed by atoms with Crippen LogP contribution in [0.4, 0.5) is 18.0 Å². The summed E-state index contributed by atoms with van der Waals surface area (Å²) in [7, 11) is 0. The number of alkyl halides is 3. The molecule has 1 aromatic rings. The summed E-state index contributed by atoms with van der Waals surface area (Å²) < 4.78 is 38.5. The molecule has 0 saturated carbocycles. The number of carbonyl (C=O) groups is 1. The number of aliphatic hydroxyl groups is 1. The Balaban J connectivity index is 1.63. The van der Waals surface area contributed by atoms with Gasteiger partial charge in [-0.15, -0.1) is 0 Å². The van der Waals surface area contributed by atoms with Crippen LogP contribution < -0.4 is 5.32 Å². The van der Waals surface area contributed by atoms with Crippen LogP contribution in [0, 0.1) is 5.92 Å². The molecule has 24 heavy (non-hydrogen) atoms. The number of piperidine rings is 1. The maximum absolute atomic E-state index is 12.8. The molecule has 1 saturated heterocycles. The van der Waals surface area contributed by atoms with Crippen molar-refractivity contribution in [1.82, 2.24) is 10.2 Å². The Morgan fingerprint density at radius 1 is 1.29 bits per heavy atom. The number of hydrogen-bond acceptors (Lipinski definition) is 2. The smallest absolute Gasteiger partial charge is 0.380 e. The molecule has 0 unspecified atom stereocenters. The van der Waals surface area contributed by atoms with Crippen molar-refractivity contribution in [3.63, 3.8) is 0 Å². The van der Waals surface area contributed by atoms with E-state index in [-0.39, 0.29) is 31.1 Å². The number of rotatable bonds is 1. The quantitative estimate of drug-likeness (QED) is 0.824. The van der Waals surface area contributed by atoms with Gasteiger partial charge in [0.1, 0.15) is 0 Å². The average molecular weight is 342 g/mol. The predicted octanol–water partition coefficient (Wildman–Crippen LogP) is 3.02. The highest BCUT2D eigenvalue weighted by atomic mass is 19.4. The van der Waals surface area contributed by atoms with E-state index in [2.05, 4.69) is 5.32 Å². The molecule has 0 aromatic heterocycles. The monoisotopic (exact) mass is 342 g/mol. The van der Waals surface area contributed by atoms with Crippen LogP contribution in [0.15, 0.2) is 24.3 Å². The molecule has 2 atom stereocenters. The zero-order valence-electron chi connectivity index (χ0n) is 13.4. The number of hydrogen-bond donors (Lipinski definition) is 2. The Labute approximate surface area is 138 Å². The van der Waals surface area contributed by atoms with Crippen molar-refractivity contribution in [2.45, 2.75) is 44.0 Å². The summed E-state index contributed by atoms with van der Waals surface area (Å²) in [5, 5.41) is 12.6. The lowest BCUT2D eigenvalue weighted by atomic mass is 9.91. The molecule has 1 aliphatic heterocycles. The molecule has 0 radical (unpaired) electrons. The molecule has 3 rings (SSSR count). The minimum absolute atomic E-state index is 0.107. The highest BCUT2D eigenvalue weighted by molar-refractivity contribution is 5.75. The minimum atomic E-state index is -4.66. The van der Waals surface area contributed by atoms with Gasteiger partial charge in [0.15, 0.2) is 5.60 Å². The number of urea groups is 1. The third kappa shape index (κ3) is 2.97. The normalized spacial score (nSPS) is 26.1. The van der Waals surface area contributed by atoms with E-state index < -0.39 is 24.6 Å². The van der Waals surface area contributed by atoms with Gasteiger partial charge >= 0.3 is 12.2 Å². The van der Waals surface area contributed by atoms with Gasteiger partial charge in [-0.3, -0.25) is 0 Å². The molecule has 2 aliphatic rings. The number of carbonyl (C=O) groups excluding carboxylic acids is 1. The standard InChI is InChI=1S/C17H21F3N2O2/c1-11-10-12-4-2-3-5-13(12)14(11)21-15(23)22-8-6-16(24,7-9-22)17(18,19)20/h2-5,11,14,24H,6-10H2,1H3,(H,21,23)/t11-,14+/m1/s1. The van der Waals surface area contributed by atoms with Gasteiger partial charge in [-0.1, -0.05) is 31.2 Å². The summed E-state index contributed by atoms with van der Waals surface area (Å²) in [5.41, 5.74) is -0.417. The van der Waals surface area contributed by atoms with Gasteiger partial charge in [-0.2, -0.15) is 13.2 Å². The highest BCUT2D eigenvalue weighted by Crippen LogP contribution is 2.39. The molecule has 132 valence electrons. The summed E-state index contributed by atoms with van der Waals surface area (Å²) in [4.78, 5) is 13.8. The molecule has 4 nitrogen and oxygen atoms in total. The second kappa shape index (κ2) is 5.95. The van der Waals surface area contributed by atoms with Crippen molar-refractivity contribution in [2.24, 2.45) is 5.92 Å². The van der Waals surface area contributed by atoms with E-state index in [1.165, 1.54) is 10.5 Å². The largest absolute Gasteiger partial charge is 0.417 e. The molecule has 1 aromatic carbocycles. The first-order valence-electron chi connectivity index (χ1n) is 8.14. The van der Waals surface area contributed by atoms with E-state index in [1.54, 1.807) is 0 Å². The minimum Gasteiger partial charge on any atom is -0.380 e.